The van der Waals surface area contributed by atoms with Crippen LogP contribution in [-0.4, -0.2) is 17.6 Å². The topological polar surface area (TPSA) is 49.3 Å². The van der Waals surface area contributed by atoms with E-state index in [1.54, 1.807) is 0 Å². The lowest BCUT2D eigenvalue weighted by atomic mass is 9.75. The summed E-state index contributed by atoms with van der Waals surface area (Å²) in [4.78, 5) is 11.6. The number of allylic oxidation sites excluding steroid dienone is 1. The van der Waals surface area contributed by atoms with Gasteiger partial charge in [-0.3, -0.25) is 4.79 Å². The first-order chi connectivity index (χ1) is 8.68. The standard InChI is InChI=1S/C15H19NO2/c1-2-3-6-9-15(14(17)18)10-12-7-4-5-8-13(12)16-11-15/h2,4-5,7-8,16H,1,3,6,9-11H2,(H,17,18). The number of rotatable bonds is 5. The minimum Gasteiger partial charge on any atom is -0.481 e. The molecule has 2 rings (SSSR count). The Hall–Kier alpha value is -1.77. The van der Waals surface area contributed by atoms with Crippen molar-refractivity contribution < 1.29 is 9.90 Å². The van der Waals surface area contributed by atoms with Gasteiger partial charge >= 0.3 is 5.97 Å². The van der Waals surface area contributed by atoms with E-state index >= 15 is 0 Å². The van der Waals surface area contributed by atoms with E-state index < -0.39 is 11.4 Å². The maximum absolute atomic E-state index is 11.6. The van der Waals surface area contributed by atoms with E-state index in [0.29, 0.717) is 19.4 Å². The Balaban J connectivity index is 2.18. The third kappa shape index (κ3) is 2.40. The Morgan fingerprint density at radius 2 is 2.28 bits per heavy atom. The van der Waals surface area contributed by atoms with Crippen molar-refractivity contribution in [3.63, 3.8) is 0 Å². The fourth-order valence-electron chi connectivity index (χ4n) is 2.56. The predicted molar refractivity (Wildman–Crippen MR) is 72.8 cm³/mol. The van der Waals surface area contributed by atoms with Gasteiger partial charge in [-0.1, -0.05) is 24.3 Å². The Kier molecular flexibility index (Phi) is 3.70. The molecule has 1 aliphatic heterocycles. The van der Waals surface area contributed by atoms with Crippen LogP contribution < -0.4 is 5.32 Å². The quantitative estimate of drug-likeness (QED) is 0.619. The molecule has 0 fully saturated rings. The highest BCUT2D eigenvalue weighted by Gasteiger charge is 2.40. The number of nitrogens with one attached hydrogen (secondary N) is 1. The number of anilines is 1. The number of aliphatic carboxylic acids is 1. The maximum Gasteiger partial charge on any atom is 0.311 e. The summed E-state index contributed by atoms with van der Waals surface area (Å²) in [5, 5.41) is 12.8. The van der Waals surface area contributed by atoms with E-state index in [9.17, 15) is 9.90 Å². The second-order valence-corrected chi connectivity index (χ2v) is 4.95. The lowest BCUT2D eigenvalue weighted by molar-refractivity contribution is -0.148. The highest BCUT2D eigenvalue weighted by molar-refractivity contribution is 5.78. The molecule has 3 heteroatoms. The molecular weight excluding hydrogens is 226 g/mol. The van der Waals surface area contributed by atoms with Gasteiger partial charge in [0, 0.05) is 12.2 Å². The van der Waals surface area contributed by atoms with Crippen molar-refractivity contribution in [2.45, 2.75) is 25.7 Å². The first-order valence-corrected chi connectivity index (χ1v) is 6.34. The number of unbranched alkanes of at least 4 members (excludes halogenated alkanes) is 1. The average Bonchev–Trinajstić information content (AvgIpc) is 2.38. The van der Waals surface area contributed by atoms with Crippen LogP contribution in [-0.2, 0) is 11.2 Å². The zero-order valence-electron chi connectivity index (χ0n) is 10.5. The molecule has 0 saturated carbocycles. The third-order valence-corrected chi connectivity index (χ3v) is 3.68. The molecule has 0 amide bonds. The molecule has 0 saturated heterocycles. The van der Waals surface area contributed by atoms with Crippen LogP contribution in [0, 0.1) is 5.41 Å². The van der Waals surface area contributed by atoms with Crippen molar-refractivity contribution in [2.75, 3.05) is 11.9 Å². The van der Waals surface area contributed by atoms with E-state index in [1.807, 2.05) is 30.3 Å². The van der Waals surface area contributed by atoms with Crippen molar-refractivity contribution in [1.29, 1.82) is 0 Å². The van der Waals surface area contributed by atoms with Gasteiger partial charge in [0.05, 0.1) is 5.41 Å². The molecule has 1 atom stereocenters. The molecule has 1 aromatic carbocycles. The van der Waals surface area contributed by atoms with E-state index in [-0.39, 0.29) is 0 Å². The molecule has 1 unspecified atom stereocenters. The normalized spacial score (nSPS) is 21.8. The molecule has 96 valence electrons. The summed E-state index contributed by atoms with van der Waals surface area (Å²) >= 11 is 0. The van der Waals surface area contributed by atoms with Crippen LogP contribution in [0.1, 0.15) is 24.8 Å². The molecule has 0 aromatic heterocycles. The fourth-order valence-corrected chi connectivity index (χ4v) is 2.56. The van der Waals surface area contributed by atoms with Crippen LogP contribution in [0.4, 0.5) is 5.69 Å². The number of carboxylic acids is 1. The van der Waals surface area contributed by atoms with Gasteiger partial charge in [0.1, 0.15) is 0 Å². The molecule has 1 heterocycles. The van der Waals surface area contributed by atoms with Crippen molar-refractivity contribution in [3.8, 4) is 0 Å². The Bertz CT molecular complexity index is 456. The lowest BCUT2D eigenvalue weighted by Crippen LogP contribution is -2.43. The van der Waals surface area contributed by atoms with Crippen LogP contribution in [0.5, 0.6) is 0 Å². The number of hydrogen-bond donors (Lipinski definition) is 2. The van der Waals surface area contributed by atoms with Gasteiger partial charge in [0.25, 0.3) is 0 Å². The second kappa shape index (κ2) is 5.25. The van der Waals surface area contributed by atoms with Crippen LogP contribution in [0.2, 0.25) is 0 Å². The van der Waals surface area contributed by atoms with Gasteiger partial charge in [-0.2, -0.15) is 0 Å². The Morgan fingerprint density at radius 1 is 1.50 bits per heavy atom. The van der Waals surface area contributed by atoms with Gasteiger partial charge < -0.3 is 10.4 Å². The Morgan fingerprint density at radius 3 is 3.00 bits per heavy atom. The van der Waals surface area contributed by atoms with Gasteiger partial charge in [-0.25, -0.2) is 0 Å². The van der Waals surface area contributed by atoms with Crippen LogP contribution in [0.25, 0.3) is 0 Å². The number of hydrogen-bond acceptors (Lipinski definition) is 2. The van der Waals surface area contributed by atoms with Gasteiger partial charge in [0.2, 0.25) is 0 Å². The molecule has 1 aromatic rings. The number of para-hydroxylation sites is 1. The van der Waals surface area contributed by atoms with E-state index in [1.165, 1.54) is 0 Å². The van der Waals surface area contributed by atoms with Crippen LogP contribution in [0.3, 0.4) is 0 Å². The lowest BCUT2D eigenvalue weighted by Gasteiger charge is -2.35. The zero-order chi connectivity index (χ0) is 13.0. The summed E-state index contributed by atoms with van der Waals surface area (Å²) in [5.41, 5.74) is 1.50. The molecule has 2 N–H and O–H groups in total. The minimum atomic E-state index is -0.700. The first kappa shape index (κ1) is 12.7. The van der Waals surface area contributed by atoms with Crippen molar-refractivity contribution in [1.82, 2.24) is 0 Å². The second-order valence-electron chi connectivity index (χ2n) is 4.95. The SMILES string of the molecule is C=CCCCC1(C(=O)O)CNc2ccccc2C1. The molecular formula is C15H19NO2. The zero-order valence-corrected chi connectivity index (χ0v) is 10.5. The minimum absolute atomic E-state index is 0.510. The van der Waals surface area contributed by atoms with Crippen molar-refractivity contribution in [3.05, 3.63) is 42.5 Å². The van der Waals surface area contributed by atoms with E-state index in [2.05, 4.69) is 11.9 Å². The number of fused-ring (bicyclic) bond motifs is 1. The van der Waals surface area contributed by atoms with Gasteiger partial charge in [-0.05, 0) is 37.3 Å². The van der Waals surface area contributed by atoms with Crippen molar-refractivity contribution in [2.24, 2.45) is 5.41 Å². The highest BCUT2D eigenvalue weighted by atomic mass is 16.4. The third-order valence-electron chi connectivity index (χ3n) is 3.68. The summed E-state index contributed by atoms with van der Waals surface area (Å²) in [6.45, 7) is 4.19. The molecule has 3 nitrogen and oxygen atoms in total. The smallest absolute Gasteiger partial charge is 0.311 e. The Labute approximate surface area is 108 Å². The molecule has 18 heavy (non-hydrogen) atoms. The van der Waals surface area contributed by atoms with Crippen LogP contribution >= 0.6 is 0 Å². The number of carboxylic acid groups (broad SMARTS) is 1. The summed E-state index contributed by atoms with van der Waals surface area (Å²) in [6, 6.07) is 7.94. The van der Waals surface area contributed by atoms with Crippen molar-refractivity contribution >= 4 is 11.7 Å². The summed E-state index contributed by atoms with van der Waals surface area (Å²) < 4.78 is 0. The largest absolute Gasteiger partial charge is 0.481 e. The number of benzene rings is 1. The summed E-state index contributed by atoms with van der Waals surface area (Å²) in [6.07, 6.45) is 4.90. The fraction of sp³-hybridized carbons (Fsp3) is 0.400. The van der Waals surface area contributed by atoms with Gasteiger partial charge in [0.15, 0.2) is 0 Å². The van der Waals surface area contributed by atoms with Crippen LogP contribution in [0.15, 0.2) is 36.9 Å². The number of carbonyl (C=O) groups is 1. The molecule has 0 radical (unpaired) electrons. The molecule has 0 spiro atoms. The molecule has 0 aliphatic carbocycles. The summed E-state index contributed by atoms with van der Waals surface area (Å²) in [7, 11) is 0. The van der Waals surface area contributed by atoms with E-state index in [0.717, 1.165) is 24.1 Å². The molecule has 1 aliphatic rings. The van der Waals surface area contributed by atoms with Gasteiger partial charge in [-0.15, -0.1) is 6.58 Å². The highest BCUT2D eigenvalue weighted by Crippen LogP contribution is 2.36. The van der Waals surface area contributed by atoms with E-state index in [4.69, 9.17) is 0 Å². The summed E-state index contributed by atoms with van der Waals surface area (Å²) in [5.74, 6) is -0.700. The first-order valence-electron chi connectivity index (χ1n) is 6.34. The monoisotopic (exact) mass is 245 g/mol. The molecule has 0 bridgehead atoms. The predicted octanol–water partition coefficient (Wildman–Crippen LogP) is 3.08. The average molecular weight is 245 g/mol. The maximum atomic E-state index is 11.6.